The molecule has 0 aliphatic carbocycles. The molecule has 0 bridgehead atoms. The number of amidine groups is 1. The van der Waals surface area contributed by atoms with Gasteiger partial charge in [0.25, 0.3) is 0 Å². The van der Waals surface area contributed by atoms with Gasteiger partial charge in [-0.1, -0.05) is 72.4 Å². The molecule has 2 heterocycles. The van der Waals surface area contributed by atoms with Gasteiger partial charge >= 0.3 is 5.97 Å². The lowest BCUT2D eigenvalue weighted by Gasteiger charge is -2.36. The SMILES string of the molecule is CCOC(=O)C1=C(c2ccccc2)N=C2SC=C(C)N2[C@@H]1c1ccccc1. The number of aliphatic imine (C=N–C) groups is 1. The molecular formula is C22H20N2O2S. The van der Waals surface area contributed by atoms with Crippen molar-refractivity contribution in [2.45, 2.75) is 19.9 Å². The third-order valence-electron chi connectivity index (χ3n) is 4.57. The molecule has 0 spiro atoms. The summed E-state index contributed by atoms with van der Waals surface area (Å²) in [4.78, 5) is 20.0. The number of thioether (sulfide) groups is 1. The highest BCUT2D eigenvalue weighted by Gasteiger charge is 2.40. The maximum Gasteiger partial charge on any atom is 0.338 e. The first-order valence-corrected chi connectivity index (χ1v) is 9.81. The zero-order chi connectivity index (χ0) is 18.8. The molecule has 0 radical (unpaired) electrons. The van der Waals surface area contributed by atoms with Gasteiger partial charge in [-0.15, -0.1) is 0 Å². The van der Waals surface area contributed by atoms with E-state index in [-0.39, 0.29) is 12.0 Å². The van der Waals surface area contributed by atoms with Gasteiger partial charge in [-0.05, 0) is 24.8 Å². The maximum atomic E-state index is 13.1. The molecule has 0 N–H and O–H groups in total. The molecule has 5 heteroatoms. The third-order valence-corrected chi connectivity index (χ3v) is 5.53. The zero-order valence-corrected chi connectivity index (χ0v) is 16.1. The van der Waals surface area contributed by atoms with Gasteiger partial charge in [0.15, 0.2) is 5.17 Å². The number of fused-ring (bicyclic) bond motifs is 1. The van der Waals surface area contributed by atoms with Crippen molar-refractivity contribution in [3.63, 3.8) is 0 Å². The van der Waals surface area contributed by atoms with Gasteiger partial charge in [0.1, 0.15) is 0 Å². The number of benzene rings is 2. The quantitative estimate of drug-likeness (QED) is 0.706. The summed E-state index contributed by atoms with van der Waals surface area (Å²) in [6.45, 7) is 4.19. The number of esters is 1. The van der Waals surface area contributed by atoms with E-state index in [2.05, 4.69) is 10.3 Å². The van der Waals surface area contributed by atoms with E-state index in [0.29, 0.717) is 17.9 Å². The summed E-state index contributed by atoms with van der Waals surface area (Å²) < 4.78 is 5.45. The molecule has 0 unspecified atom stereocenters. The van der Waals surface area contributed by atoms with Crippen molar-refractivity contribution in [1.82, 2.24) is 4.90 Å². The van der Waals surface area contributed by atoms with E-state index in [1.54, 1.807) is 11.8 Å². The van der Waals surface area contributed by atoms with Crippen LogP contribution >= 0.6 is 11.8 Å². The van der Waals surface area contributed by atoms with Crippen LogP contribution in [0.15, 0.2) is 82.3 Å². The molecule has 4 rings (SSSR count). The van der Waals surface area contributed by atoms with Crippen LogP contribution in [0, 0.1) is 0 Å². The van der Waals surface area contributed by atoms with E-state index in [1.807, 2.05) is 74.5 Å². The minimum Gasteiger partial charge on any atom is -0.463 e. The van der Waals surface area contributed by atoms with Crippen molar-refractivity contribution in [3.8, 4) is 0 Å². The molecule has 27 heavy (non-hydrogen) atoms. The first kappa shape index (κ1) is 17.6. The summed E-state index contributed by atoms with van der Waals surface area (Å²) in [5.74, 6) is -0.322. The molecule has 0 aromatic heterocycles. The average molecular weight is 376 g/mol. The van der Waals surface area contributed by atoms with Gasteiger partial charge in [0, 0.05) is 11.3 Å². The summed E-state index contributed by atoms with van der Waals surface area (Å²) >= 11 is 1.59. The first-order chi connectivity index (χ1) is 13.2. The Hall–Kier alpha value is -2.79. The maximum absolute atomic E-state index is 13.1. The van der Waals surface area contributed by atoms with Crippen molar-refractivity contribution in [3.05, 3.63) is 88.5 Å². The molecular weight excluding hydrogens is 356 g/mol. The van der Waals surface area contributed by atoms with E-state index in [9.17, 15) is 4.79 Å². The standard InChI is InChI=1S/C22H20N2O2S/c1-3-26-21(25)18-19(16-10-6-4-7-11-16)23-22-24(15(2)14-27-22)20(18)17-12-8-5-9-13-17/h4-14,20H,3H2,1-2H3/t20-/m1/s1. The highest BCUT2D eigenvalue weighted by molar-refractivity contribution is 8.16. The second kappa shape index (κ2) is 7.45. The Labute approximate surface area is 163 Å². The summed E-state index contributed by atoms with van der Waals surface area (Å²) in [6.07, 6.45) is 0. The Balaban J connectivity index is 1.96. The van der Waals surface area contributed by atoms with E-state index in [1.165, 1.54) is 0 Å². The lowest BCUT2D eigenvalue weighted by atomic mass is 9.92. The average Bonchev–Trinajstić information content (AvgIpc) is 3.09. The molecule has 0 amide bonds. The Morgan fingerprint density at radius 3 is 2.44 bits per heavy atom. The van der Waals surface area contributed by atoms with Crippen LogP contribution in [0.25, 0.3) is 5.70 Å². The van der Waals surface area contributed by atoms with E-state index in [4.69, 9.17) is 9.73 Å². The number of hydrogen-bond acceptors (Lipinski definition) is 5. The van der Waals surface area contributed by atoms with E-state index >= 15 is 0 Å². The normalized spacial score (nSPS) is 18.7. The first-order valence-electron chi connectivity index (χ1n) is 8.93. The van der Waals surface area contributed by atoms with E-state index < -0.39 is 0 Å². The Morgan fingerprint density at radius 1 is 1.11 bits per heavy atom. The van der Waals surface area contributed by atoms with Gasteiger partial charge in [-0.25, -0.2) is 9.79 Å². The van der Waals surface area contributed by atoms with Crippen LogP contribution in [0.3, 0.4) is 0 Å². The predicted molar refractivity (Wildman–Crippen MR) is 110 cm³/mol. The van der Waals surface area contributed by atoms with Gasteiger partial charge in [0.2, 0.25) is 0 Å². The van der Waals surface area contributed by atoms with Gasteiger partial charge < -0.3 is 9.64 Å². The van der Waals surface area contributed by atoms with E-state index in [0.717, 1.165) is 22.0 Å². The summed E-state index contributed by atoms with van der Waals surface area (Å²) in [7, 11) is 0. The fourth-order valence-electron chi connectivity index (χ4n) is 3.40. The lowest BCUT2D eigenvalue weighted by molar-refractivity contribution is -0.139. The highest BCUT2D eigenvalue weighted by Crippen LogP contribution is 2.45. The van der Waals surface area contributed by atoms with Gasteiger partial charge in [-0.3, -0.25) is 0 Å². The fourth-order valence-corrected chi connectivity index (χ4v) is 4.29. The molecule has 0 fully saturated rings. The van der Waals surface area contributed by atoms with Crippen LogP contribution in [0.2, 0.25) is 0 Å². The third kappa shape index (κ3) is 3.19. The van der Waals surface area contributed by atoms with Crippen molar-refractivity contribution < 1.29 is 9.53 Å². The second-order valence-corrected chi connectivity index (χ2v) is 7.14. The van der Waals surface area contributed by atoms with Crippen molar-refractivity contribution in [2.24, 2.45) is 4.99 Å². The van der Waals surface area contributed by atoms with Crippen LogP contribution in [0.1, 0.15) is 31.0 Å². The monoisotopic (exact) mass is 376 g/mol. The number of carbonyl (C=O) groups excluding carboxylic acids is 1. The number of ether oxygens (including phenoxy) is 1. The number of nitrogens with zero attached hydrogens (tertiary/aromatic N) is 2. The molecule has 136 valence electrons. The molecule has 2 aromatic carbocycles. The van der Waals surface area contributed by atoms with Gasteiger partial charge in [0.05, 0.1) is 23.9 Å². The zero-order valence-electron chi connectivity index (χ0n) is 15.3. The van der Waals surface area contributed by atoms with Crippen molar-refractivity contribution in [1.29, 1.82) is 0 Å². The molecule has 0 saturated carbocycles. The number of rotatable bonds is 4. The predicted octanol–water partition coefficient (Wildman–Crippen LogP) is 4.98. The molecule has 2 aliphatic rings. The summed E-state index contributed by atoms with van der Waals surface area (Å²) in [5.41, 5.74) is 4.29. The number of carbonyl (C=O) groups is 1. The lowest BCUT2D eigenvalue weighted by Crippen LogP contribution is -2.36. The van der Waals surface area contributed by atoms with Crippen LogP contribution < -0.4 is 0 Å². The van der Waals surface area contributed by atoms with Crippen LogP contribution in [0.4, 0.5) is 0 Å². The largest absolute Gasteiger partial charge is 0.463 e. The molecule has 0 saturated heterocycles. The Kier molecular flexibility index (Phi) is 4.86. The van der Waals surface area contributed by atoms with Crippen LogP contribution in [-0.4, -0.2) is 22.6 Å². The smallest absolute Gasteiger partial charge is 0.338 e. The van der Waals surface area contributed by atoms with Crippen molar-refractivity contribution in [2.75, 3.05) is 6.61 Å². The Morgan fingerprint density at radius 2 is 1.78 bits per heavy atom. The number of allylic oxidation sites excluding steroid dienone is 1. The van der Waals surface area contributed by atoms with Crippen molar-refractivity contribution >= 4 is 28.6 Å². The molecule has 1 atom stereocenters. The van der Waals surface area contributed by atoms with Gasteiger partial charge in [-0.2, -0.15) is 0 Å². The highest BCUT2D eigenvalue weighted by atomic mass is 32.2. The topological polar surface area (TPSA) is 41.9 Å². The minimum atomic E-state index is -0.322. The second-order valence-electron chi connectivity index (χ2n) is 6.30. The van der Waals surface area contributed by atoms with Crippen LogP contribution in [-0.2, 0) is 9.53 Å². The Bertz CT molecular complexity index is 949. The fraction of sp³-hybridized carbons (Fsp3) is 0.182. The summed E-state index contributed by atoms with van der Waals surface area (Å²) in [5, 5.41) is 2.96. The number of hydrogen-bond donors (Lipinski definition) is 0. The van der Waals surface area contributed by atoms with Crippen LogP contribution in [0.5, 0.6) is 0 Å². The molecule has 2 aromatic rings. The summed E-state index contributed by atoms with van der Waals surface area (Å²) in [6, 6.07) is 19.6. The minimum absolute atomic E-state index is 0.265. The molecule has 2 aliphatic heterocycles. The molecule has 4 nitrogen and oxygen atoms in total.